The molecule has 4 aliphatic carbocycles. The number of nitrogens with zero attached hydrogens (tertiary/aromatic N) is 3. The number of anilines is 1. The summed E-state index contributed by atoms with van der Waals surface area (Å²) >= 11 is 0. The fraction of sp³-hybridized carbons (Fsp3) is 0.588. The van der Waals surface area contributed by atoms with Crippen molar-refractivity contribution in [3.8, 4) is 0 Å². The molecule has 0 amide bonds. The van der Waals surface area contributed by atoms with Gasteiger partial charge in [0.15, 0.2) is 0 Å². The van der Waals surface area contributed by atoms with E-state index >= 15 is 0 Å². The zero-order chi connectivity index (χ0) is 13.8. The first-order valence-electron chi connectivity index (χ1n) is 8.21. The van der Waals surface area contributed by atoms with Gasteiger partial charge in [0.1, 0.15) is 5.52 Å². The summed E-state index contributed by atoms with van der Waals surface area (Å²) < 4.78 is 0. The van der Waals surface area contributed by atoms with E-state index in [4.69, 9.17) is 0 Å². The quantitative estimate of drug-likeness (QED) is 0.917. The SMILES string of the molecule is c1ccc2nc(NC3C4CC5CC(C4)CC3C5)nnc2c1. The van der Waals surface area contributed by atoms with Crippen molar-refractivity contribution in [3.05, 3.63) is 24.3 Å². The molecule has 6 rings (SSSR count). The first-order valence-corrected chi connectivity index (χ1v) is 8.21. The van der Waals surface area contributed by atoms with Gasteiger partial charge in [-0.05, 0) is 67.9 Å². The molecule has 21 heavy (non-hydrogen) atoms. The van der Waals surface area contributed by atoms with Crippen molar-refractivity contribution in [3.63, 3.8) is 0 Å². The van der Waals surface area contributed by atoms with Crippen LogP contribution in [0.1, 0.15) is 32.1 Å². The average Bonchev–Trinajstić information content (AvgIpc) is 2.50. The molecule has 0 saturated heterocycles. The van der Waals surface area contributed by atoms with Crippen LogP contribution in [0.5, 0.6) is 0 Å². The Hall–Kier alpha value is -1.71. The van der Waals surface area contributed by atoms with E-state index < -0.39 is 0 Å². The van der Waals surface area contributed by atoms with Gasteiger partial charge in [0.25, 0.3) is 0 Å². The third-order valence-corrected chi connectivity index (χ3v) is 5.88. The van der Waals surface area contributed by atoms with Gasteiger partial charge in [-0.1, -0.05) is 12.1 Å². The van der Waals surface area contributed by atoms with Crippen LogP contribution in [0.15, 0.2) is 24.3 Å². The highest BCUT2D eigenvalue weighted by molar-refractivity contribution is 5.74. The van der Waals surface area contributed by atoms with Gasteiger partial charge in [-0.15, -0.1) is 10.2 Å². The highest BCUT2D eigenvalue weighted by Gasteiger charge is 2.48. The second-order valence-corrected chi connectivity index (χ2v) is 7.22. The van der Waals surface area contributed by atoms with Gasteiger partial charge >= 0.3 is 0 Å². The van der Waals surface area contributed by atoms with E-state index in [2.05, 4.69) is 20.5 Å². The predicted octanol–water partition coefficient (Wildman–Crippen LogP) is 3.26. The molecule has 0 unspecified atom stereocenters. The zero-order valence-electron chi connectivity index (χ0n) is 12.1. The Labute approximate surface area is 124 Å². The Balaban J connectivity index is 1.43. The molecule has 4 bridgehead atoms. The van der Waals surface area contributed by atoms with Crippen LogP contribution in [0.25, 0.3) is 11.0 Å². The Morgan fingerprint density at radius 3 is 2.19 bits per heavy atom. The Morgan fingerprint density at radius 1 is 0.810 bits per heavy atom. The van der Waals surface area contributed by atoms with E-state index in [1.807, 2.05) is 24.3 Å². The number of para-hydroxylation sites is 1. The number of benzene rings is 1. The van der Waals surface area contributed by atoms with Gasteiger partial charge in [-0.2, -0.15) is 0 Å². The highest BCUT2D eigenvalue weighted by Crippen LogP contribution is 2.54. The lowest BCUT2D eigenvalue weighted by Crippen LogP contribution is -2.51. The zero-order valence-corrected chi connectivity index (χ0v) is 12.1. The fourth-order valence-corrected chi connectivity index (χ4v) is 5.25. The van der Waals surface area contributed by atoms with Crippen LogP contribution in [0.3, 0.4) is 0 Å². The summed E-state index contributed by atoms with van der Waals surface area (Å²) in [5.41, 5.74) is 1.80. The lowest BCUT2D eigenvalue weighted by molar-refractivity contribution is 0.00727. The van der Waals surface area contributed by atoms with Crippen LogP contribution >= 0.6 is 0 Å². The minimum atomic E-state index is 0.570. The summed E-state index contributed by atoms with van der Waals surface area (Å²) in [6, 6.07) is 8.52. The smallest absolute Gasteiger partial charge is 0.243 e. The Kier molecular flexibility index (Phi) is 2.49. The van der Waals surface area contributed by atoms with E-state index in [1.54, 1.807) is 0 Å². The molecule has 4 fully saturated rings. The van der Waals surface area contributed by atoms with Gasteiger partial charge in [-0.25, -0.2) is 4.98 Å². The molecule has 4 heteroatoms. The van der Waals surface area contributed by atoms with Crippen molar-refractivity contribution in [2.24, 2.45) is 23.7 Å². The molecule has 1 aromatic heterocycles. The maximum absolute atomic E-state index is 4.64. The molecule has 1 heterocycles. The second kappa shape index (κ2) is 4.39. The van der Waals surface area contributed by atoms with Crippen LogP contribution in [-0.4, -0.2) is 21.2 Å². The molecule has 4 aliphatic rings. The summed E-state index contributed by atoms with van der Waals surface area (Å²) in [4.78, 5) is 4.64. The van der Waals surface area contributed by atoms with E-state index in [0.717, 1.165) is 34.7 Å². The summed E-state index contributed by atoms with van der Waals surface area (Å²) in [6.07, 6.45) is 7.13. The maximum Gasteiger partial charge on any atom is 0.243 e. The summed E-state index contributed by atoms with van der Waals surface area (Å²) in [7, 11) is 0. The summed E-state index contributed by atoms with van der Waals surface area (Å²) in [5, 5.41) is 12.2. The van der Waals surface area contributed by atoms with E-state index in [-0.39, 0.29) is 0 Å². The first kappa shape index (κ1) is 11.9. The molecular formula is C17H20N4. The molecule has 1 aromatic carbocycles. The Bertz CT molecular complexity index is 655. The Morgan fingerprint density at radius 2 is 1.48 bits per heavy atom. The van der Waals surface area contributed by atoms with Crippen molar-refractivity contribution in [2.45, 2.75) is 38.1 Å². The normalized spacial score (nSPS) is 37.0. The molecule has 0 aliphatic heterocycles. The van der Waals surface area contributed by atoms with Crippen molar-refractivity contribution in [1.29, 1.82) is 0 Å². The topological polar surface area (TPSA) is 50.7 Å². The maximum atomic E-state index is 4.64. The fourth-order valence-electron chi connectivity index (χ4n) is 5.25. The van der Waals surface area contributed by atoms with E-state index in [9.17, 15) is 0 Å². The van der Waals surface area contributed by atoms with Crippen LogP contribution in [0, 0.1) is 23.7 Å². The number of rotatable bonds is 2. The highest BCUT2D eigenvalue weighted by atomic mass is 15.2. The van der Waals surface area contributed by atoms with Gasteiger partial charge in [0.05, 0.1) is 5.52 Å². The monoisotopic (exact) mass is 280 g/mol. The molecule has 2 aromatic rings. The third-order valence-electron chi connectivity index (χ3n) is 5.88. The molecule has 108 valence electrons. The van der Waals surface area contributed by atoms with Crippen LogP contribution < -0.4 is 5.32 Å². The summed E-state index contributed by atoms with van der Waals surface area (Å²) in [5.74, 6) is 4.38. The van der Waals surface area contributed by atoms with E-state index in [0.29, 0.717) is 12.0 Å². The molecule has 0 atom stereocenters. The predicted molar refractivity (Wildman–Crippen MR) is 81.8 cm³/mol. The van der Waals surface area contributed by atoms with Crippen molar-refractivity contribution < 1.29 is 0 Å². The molecule has 1 N–H and O–H groups in total. The number of nitrogens with one attached hydrogen (secondary N) is 1. The number of aromatic nitrogens is 3. The molecule has 4 nitrogen and oxygen atoms in total. The summed E-state index contributed by atoms with van der Waals surface area (Å²) in [6.45, 7) is 0. The molecular weight excluding hydrogens is 260 g/mol. The molecule has 0 spiro atoms. The van der Waals surface area contributed by atoms with Crippen LogP contribution in [-0.2, 0) is 0 Å². The number of hydrogen-bond acceptors (Lipinski definition) is 4. The van der Waals surface area contributed by atoms with Gasteiger partial charge < -0.3 is 5.32 Å². The van der Waals surface area contributed by atoms with Crippen LogP contribution in [0.2, 0.25) is 0 Å². The largest absolute Gasteiger partial charge is 0.350 e. The van der Waals surface area contributed by atoms with E-state index in [1.165, 1.54) is 32.1 Å². The first-order chi connectivity index (χ1) is 10.3. The van der Waals surface area contributed by atoms with Gasteiger partial charge in [0.2, 0.25) is 5.95 Å². The van der Waals surface area contributed by atoms with Crippen LogP contribution in [0.4, 0.5) is 5.95 Å². The van der Waals surface area contributed by atoms with Gasteiger partial charge in [-0.3, -0.25) is 0 Å². The average molecular weight is 280 g/mol. The minimum Gasteiger partial charge on any atom is -0.350 e. The lowest BCUT2D eigenvalue weighted by atomic mass is 9.54. The van der Waals surface area contributed by atoms with Crippen molar-refractivity contribution >= 4 is 17.0 Å². The van der Waals surface area contributed by atoms with Gasteiger partial charge in [0, 0.05) is 6.04 Å². The lowest BCUT2D eigenvalue weighted by Gasteiger charge is -2.54. The third kappa shape index (κ3) is 1.92. The van der Waals surface area contributed by atoms with Crippen molar-refractivity contribution in [1.82, 2.24) is 15.2 Å². The minimum absolute atomic E-state index is 0.570. The second-order valence-electron chi connectivity index (χ2n) is 7.22. The van der Waals surface area contributed by atoms with Crippen molar-refractivity contribution in [2.75, 3.05) is 5.32 Å². The number of fused-ring (bicyclic) bond motifs is 1. The standard InChI is InChI=1S/C17H20N4/c1-2-4-15-14(3-1)18-17(21-20-15)19-16-12-6-10-5-11(8-12)9-13(16)7-10/h1-4,10-13,16H,5-9H2,(H,18,19,21). The molecule has 4 saturated carbocycles. The molecule has 0 radical (unpaired) electrons. The number of hydrogen-bond donors (Lipinski definition) is 1.